The lowest BCUT2D eigenvalue weighted by Crippen LogP contribution is -2.24. The van der Waals surface area contributed by atoms with Gasteiger partial charge >= 0.3 is 5.97 Å². The fraction of sp³-hybridized carbons (Fsp3) is 0.500. The normalized spacial score (nSPS) is 14.1. The molecule has 0 radical (unpaired) electrons. The van der Waals surface area contributed by atoms with Gasteiger partial charge in [-0.1, -0.05) is 19.9 Å². The van der Waals surface area contributed by atoms with Crippen LogP contribution in [0.15, 0.2) is 12.1 Å². The maximum atomic E-state index is 11.0. The second kappa shape index (κ2) is 4.99. The highest BCUT2D eigenvalue weighted by Gasteiger charge is 2.31. The van der Waals surface area contributed by atoms with Crippen LogP contribution >= 0.6 is 0 Å². The minimum absolute atomic E-state index is 0.0169. The van der Waals surface area contributed by atoms with Crippen molar-refractivity contribution < 1.29 is 24.1 Å². The number of carboxylic acids is 1. The third-order valence-electron chi connectivity index (χ3n) is 3.19. The molecule has 0 aliphatic carbocycles. The van der Waals surface area contributed by atoms with Gasteiger partial charge in [0.05, 0.1) is 13.5 Å². The predicted molar refractivity (Wildman–Crippen MR) is 69.3 cm³/mol. The maximum Gasteiger partial charge on any atom is 0.304 e. The number of methoxy groups -OCH3 is 1. The highest BCUT2D eigenvalue weighted by Crippen LogP contribution is 2.46. The van der Waals surface area contributed by atoms with E-state index in [2.05, 4.69) is 0 Å². The largest absolute Gasteiger partial charge is 0.492 e. The van der Waals surface area contributed by atoms with Gasteiger partial charge in [0.2, 0.25) is 5.75 Å². The molecule has 0 atom stereocenters. The number of carboxylic acid groups (broad SMARTS) is 1. The van der Waals surface area contributed by atoms with E-state index in [1.807, 2.05) is 19.9 Å². The molecule has 0 bridgehead atoms. The van der Waals surface area contributed by atoms with Crippen LogP contribution in [-0.2, 0) is 10.2 Å². The van der Waals surface area contributed by atoms with Crippen molar-refractivity contribution in [1.82, 2.24) is 0 Å². The first-order chi connectivity index (χ1) is 8.95. The first-order valence-corrected chi connectivity index (χ1v) is 6.14. The summed E-state index contributed by atoms with van der Waals surface area (Å²) in [4.78, 5) is 11.0. The molecule has 0 amide bonds. The molecule has 0 aromatic heterocycles. The zero-order valence-corrected chi connectivity index (χ0v) is 11.4. The number of fused-ring (bicyclic) bond motifs is 1. The molecular formula is C14H18O5. The summed E-state index contributed by atoms with van der Waals surface area (Å²) >= 11 is 0. The van der Waals surface area contributed by atoms with E-state index in [4.69, 9.17) is 19.3 Å². The van der Waals surface area contributed by atoms with Gasteiger partial charge in [-0.15, -0.1) is 0 Å². The first-order valence-electron chi connectivity index (χ1n) is 6.14. The molecule has 0 spiro atoms. The van der Waals surface area contributed by atoms with Crippen LogP contribution in [0.5, 0.6) is 17.2 Å². The van der Waals surface area contributed by atoms with E-state index < -0.39 is 11.4 Å². The topological polar surface area (TPSA) is 65.0 Å². The summed E-state index contributed by atoms with van der Waals surface area (Å²) in [7, 11) is 1.55. The molecule has 0 unspecified atom stereocenters. The van der Waals surface area contributed by atoms with Crippen LogP contribution < -0.4 is 14.2 Å². The average molecular weight is 266 g/mol. The van der Waals surface area contributed by atoms with Crippen molar-refractivity contribution in [2.45, 2.75) is 25.7 Å². The number of benzene rings is 1. The number of ether oxygens (including phenoxy) is 3. The van der Waals surface area contributed by atoms with Crippen molar-refractivity contribution in [2.24, 2.45) is 0 Å². The summed E-state index contributed by atoms with van der Waals surface area (Å²) in [6, 6.07) is 3.64. The van der Waals surface area contributed by atoms with E-state index in [0.29, 0.717) is 30.5 Å². The minimum atomic E-state index is -0.845. The Morgan fingerprint density at radius 2 is 2.05 bits per heavy atom. The summed E-state index contributed by atoms with van der Waals surface area (Å²) in [6.07, 6.45) is 0.0169. The van der Waals surface area contributed by atoms with Crippen molar-refractivity contribution in [3.63, 3.8) is 0 Å². The number of aliphatic carboxylic acids is 1. The zero-order chi connectivity index (χ0) is 14.0. The van der Waals surface area contributed by atoms with Crippen molar-refractivity contribution in [2.75, 3.05) is 20.3 Å². The lowest BCUT2D eigenvalue weighted by atomic mass is 9.80. The van der Waals surface area contributed by atoms with Crippen molar-refractivity contribution in [1.29, 1.82) is 0 Å². The van der Waals surface area contributed by atoms with Crippen LogP contribution in [0.3, 0.4) is 0 Å². The summed E-state index contributed by atoms with van der Waals surface area (Å²) in [5, 5.41) is 9.02. The van der Waals surface area contributed by atoms with E-state index in [1.165, 1.54) is 0 Å². The van der Waals surface area contributed by atoms with Gasteiger partial charge in [-0.3, -0.25) is 4.79 Å². The first kappa shape index (κ1) is 13.5. The number of hydrogen-bond acceptors (Lipinski definition) is 4. The summed E-state index contributed by atoms with van der Waals surface area (Å²) in [5.41, 5.74) is 0.258. The number of carbonyl (C=O) groups is 1. The Hall–Kier alpha value is -1.91. The van der Waals surface area contributed by atoms with Gasteiger partial charge in [0, 0.05) is 11.0 Å². The fourth-order valence-corrected chi connectivity index (χ4v) is 2.30. The molecular weight excluding hydrogens is 248 g/mol. The van der Waals surface area contributed by atoms with E-state index in [9.17, 15) is 4.79 Å². The second-order valence-corrected chi connectivity index (χ2v) is 5.12. The van der Waals surface area contributed by atoms with Gasteiger partial charge in [-0.25, -0.2) is 0 Å². The molecule has 2 rings (SSSR count). The van der Waals surface area contributed by atoms with Crippen molar-refractivity contribution >= 4 is 5.97 Å². The minimum Gasteiger partial charge on any atom is -0.492 e. The second-order valence-electron chi connectivity index (χ2n) is 5.12. The third-order valence-corrected chi connectivity index (χ3v) is 3.19. The van der Waals surface area contributed by atoms with Gasteiger partial charge in [-0.05, 0) is 6.07 Å². The van der Waals surface area contributed by atoms with Crippen LogP contribution in [0.1, 0.15) is 25.8 Å². The molecule has 1 aliphatic heterocycles. The van der Waals surface area contributed by atoms with Crippen LogP contribution in [0.25, 0.3) is 0 Å². The highest BCUT2D eigenvalue weighted by atomic mass is 16.6. The van der Waals surface area contributed by atoms with Crippen LogP contribution in [0, 0.1) is 0 Å². The Balaban J connectivity index is 2.48. The summed E-state index contributed by atoms with van der Waals surface area (Å²) in [6.45, 7) is 4.71. The van der Waals surface area contributed by atoms with Crippen LogP contribution in [0.2, 0.25) is 0 Å². The average Bonchev–Trinajstić information content (AvgIpc) is 2.35. The zero-order valence-electron chi connectivity index (χ0n) is 11.4. The lowest BCUT2D eigenvalue weighted by Gasteiger charge is -2.28. The van der Waals surface area contributed by atoms with E-state index in [-0.39, 0.29) is 6.42 Å². The standard InChI is InChI=1S/C14H18O5/c1-14(2,8-11(15)16)9-4-5-10-13(12(9)17-3)19-7-6-18-10/h4-5H,6-8H2,1-3H3,(H,15,16). The molecule has 0 fully saturated rings. The third kappa shape index (κ3) is 2.59. The molecule has 1 N–H and O–H groups in total. The molecule has 0 saturated heterocycles. The molecule has 1 aromatic carbocycles. The lowest BCUT2D eigenvalue weighted by molar-refractivity contribution is -0.138. The van der Waals surface area contributed by atoms with Crippen LogP contribution in [0.4, 0.5) is 0 Å². The highest BCUT2D eigenvalue weighted by molar-refractivity contribution is 5.70. The monoisotopic (exact) mass is 266 g/mol. The quantitative estimate of drug-likeness (QED) is 0.905. The molecule has 1 heterocycles. The maximum absolute atomic E-state index is 11.0. The summed E-state index contributed by atoms with van der Waals surface area (Å²) in [5.74, 6) is 0.910. The van der Waals surface area contributed by atoms with Gasteiger partial charge < -0.3 is 19.3 Å². The molecule has 19 heavy (non-hydrogen) atoms. The Bertz CT molecular complexity index is 493. The van der Waals surface area contributed by atoms with E-state index >= 15 is 0 Å². The molecule has 5 nitrogen and oxygen atoms in total. The number of rotatable bonds is 4. The number of hydrogen-bond donors (Lipinski definition) is 1. The fourth-order valence-electron chi connectivity index (χ4n) is 2.30. The Kier molecular flexibility index (Phi) is 3.55. The van der Waals surface area contributed by atoms with E-state index in [0.717, 1.165) is 5.56 Å². The SMILES string of the molecule is COc1c(C(C)(C)CC(=O)O)ccc2c1OCCO2. The summed E-state index contributed by atoms with van der Waals surface area (Å²) < 4.78 is 16.5. The molecule has 0 saturated carbocycles. The Labute approximate surface area is 112 Å². The molecule has 104 valence electrons. The van der Waals surface area contributed by atoms with Crippen molar-refractivity contribution in [3.05, 3.63) is 17.7 Å². The Morgan fingerprint density at radius 1 is 1.37 bits per heavy atom. The van der Waals surface area contributed by atoms with E-state index in [1.54, 1.807) is 13.2 Å². The molecule has 1 aliphatic rings. The van der Waals surface area contributed by atoms with Gasteiger partial charge in [0.1, 0.15) is 13.2 Å². The van der Waals surface area contributed by atoms with Gasteiger partial charge in [-0.2, -0.15) is 0 Å². The molecule has 5 heteroatoms. The molecule has 1 aromatic rings. The van der Waals surface area contributed by atoms with Gasteiger partial charge in [0.25, 0.3) is 0 Å². The van der Waals surface area contributed by atoms with Crippen molar-refractivity contribution in [3.8, 4) is 17.2 Å². The smallest absolute Gasteiger partial charge is 0.304 e. The van der Waals surface area contributed by atoms with Crippen LogP contribution in [-0.4, -0.2) is 31.4 Å². The van der Waals surface area contributed by atoms with Gasteiger partial charge in [0.15, 0.2) is 11.5 Å². The predicted octanol–water partition coefficient (Wildman–Crippen LogP) is 2.22. The Morgan fingerprint density at radius 3 is 2.68 bits per heavy atom.